The van der Waals surface area contributed by atoms with Gasteiger partial charge in [0.1, 0.15) is 11.5 Å². The van der Waals surface area contributed by atoms with Gasteiger partial charge in [-0.2, -0.15) is 5.10 Å². The van der Waals surface area contributed by atoms with Gasteiger partial charge in [-0.05, 0) is 43.6 Å². The van der Waals surface area contributed by atoms with Crippen LogP contribution in [0, 0.1) is 29.4 Å². The van der Waals surface area contributed by atoms with Crippen LogP contribution >= 0.6 is 0 Å². The molecule has 3 aromatic rings. The summed E-state index contributed by atoms with van der Waals surface area (Å²) in [6.07, 6.45) is 5.67. The Morgan fingerprint density at radius 1 is 1.14 bits per heavy atom. The van der Waals surface area contributed by atoms with E-state index in [1.54, 1.807) is 0 Å². The molecule has 6 rings (SSSR count). The zero-order chi connectivity index (χ0) is 20.1. The Hall–Kier alpha value is -3.17. The summed E-state index contributed by atoms with van der Waals surface area (Å²) in [5.41, 5.74) is 0.606. The van der Waals surface area contributed by atoms with Crippen LogP contribution in [0.1, 0.15) is 25.7 Å². The molecule has 0 aliphatic heterocycles. The summed E-state index contributed by atoms with van der Waals surface area (Å²) in [5.74, 6) is -2.35. The predicted molar refractivity (Wildman–Crippen MR) is 98.8 cm³/mol. The Kier molecular flexibility index (Phi) is 4.14. The third kappa shape index (κ3) is 2.99. The third-order valence-corrected chi connectivity index (χ3v) is 6.15. The van der Waals surface area contributed by atoms with Gasteiger partial charge in [-0.25, -0.2) is 23.7 Å². The SMILES string of the molecule is O=C(O)C1C2CCC(CC2)C1Nc1nc(-c2[nH]nc3ncc(F)cc23)ncc1F. The Balaban J connectivity index is 1.51. The maximum atomic E-state index is 14.5. The topological polar surface area (TPSA) is 117 Å². The van der Waals surface area contributed by atoms with Crippen molar-refractivity contribution in [1.29, 1.82) is 0 Å². The van der Waals surface area contributed by atoms with E-state index in [1.165, 1.54) is 6.07 Å². The third-order valence-electron chi connectivity index (χ3n) is 6.15. The van der Waals surface area contributed by atoms with Crippen molar-refractivity contribution in [3.8, 4) is 11.5 Å². The number of carboxylic acids is 1. The van der Waals surface area contributed by atoms with Gasteiger partial charge in [0.05, 0.1) is 23.7 Å². The Morgan fingerprint density at radius 2 is 1.90 bits per heavy atom. The van der Waals surface area contributed by atoms with Gasteiger partial charge in [0.25, 0.3) is 0 Å². The molecule has 8 nitrogen and oxygen atoms in total. The lowest BCUT2D eigenvalue weighted by molar-refractivity contribution is -0.148. The van der Waals surface area contributed by atoms with Crippen molar-refractivity contribution >= 4 is 22.8 Å². The molecule has 0 aromatic carbocycles. The first kappa shape index (κ1) is 17.9. The molecule has 3 aromatic heterocycles. The summed E-state index contributed by atoms with van der Waals surface area (Å²) in [7, 11) is 0. The molecule has 29 heavy (non-hydrogen) atoms. The maximum absolute atomic E-state index is 14.5. The summed E-state index contributed by atoms with van der Waals surface area (Å²) in [4.78, 5) is 24.0. The fourth-order valence-corrected chi connectivity index (χ4v) is 4.80. The smallest absolute Gasteiger partial charge is 0.308 e. The Morgan fingerprint density at radius 3 is 2.66 bits per heavy atom. The van der Waals surface area contributed by atoms with Crippen molar-refractivity contribution in [2.75, 3.05) is 5.32 Å². The average Bonchev–Trinajstić information content (AvgIpc) is 3.13. The summed E-state index contributed by atoms with van der Waals surface area (Å²) >= 11 is 0. The summed E-state index contributed by atoms with van der Waals surface area (Å²) < 4.78 is 28.1. The number of anilines is 1. The average molecular weight is 400 g/mol. The number of carbonyl (C=O) groups is 1. The highest BCUT2D eigenvalue weighted by atomic mass is 19.1. The van der Waals surface area contributed by atoms with Crippen molar-refractivity contribution in [3.05, 3.63) is 30.1 Å². The van der Waals surface area contributed by atoms with Crippen LogP contribution in [0.25, 0.3) is 22.6 Å². The second-order valence-corrected chi connectivity index (χ2v) is 7.72. The number of pyridine rings is 1. The van der Waals surface area contributed by atoms with E-state index in [0.717, 1.165) is 38.1 Å². The molecule has 3 fully saturated rings. The number of nitrogens with one attached hydrogen (secondary N) is 2. The van der Waals surface area contributed by atoms with E-state index in [-0.39, 0.29) is 23.5 Å². The van der Waals surface area contributed by atoms with E-state index < -0.39 is 29.6 Å². The van der Waals surface area contributed by atoms with Crippen molar-refractivity contribution in [1.82, 2.24) is 25.1 Å². The van der Waals surface area contributed by atoms with Gasteiger partial charge in [-0.15, -0.1) is 0 Å². The minimum atomic E-state index is -0.868. The predicted octanol–water partition coefficient (Wildman–Crippen LogP) is 2.99. The Bertz CT molecular complexity index is 1100. The summed E-state index contributed by atoms with van der Waals surface area (Å²) in [5, 5.41) is 19.8. The molecule has 0 saturated heterocycles. The quantitative estimate of drug-likeness (QED) is 0.616. The number of nitrogens with zero attached hydrogens (tertiary/aromatic N) is 4. The molecular formula is C19H18F2N6O2. The number of aromatic amines is 1. The zero-order valence-electron chi connectivity index (χ0n) is 15.3. The van der Waals surface area contributed by atoms with Gasteiger partial charge < -0.3 is 10.4 Å². The van der Waals surface area contributed by atoms with Crippen LogP contribution in [0.3, 0.4) is 0 Å². The molecule has 3 heterocycles. The van der Waals surface area contributed by atoms with Crippen molar-refractivity contribution in [3.63, 3.8) is 0 Å². The number of aromatic nitrogens is 5. The van der Waals surface area contributed by atoms with Gasteiger partial charge in [0, 0.05) is 6.04 Å². The number of hydrogen-bond donors (Lipinski definition) is 3. The number of fused-ring (bicyclic) bond motifs is 4. The molecule has 0 amide bonds. The van der Waals surface area contributed by atoms with E-state index in [1.807, 2.05) is 0 Å². The van der Waals surface area contributed by atoms with Crippen molar-refractivity contribution < 1.29 is 18.7 Å². The van der Waals surface area contributed by atoms with E-state index in [4.69, 9.17) is 0 Å². The highest BCUT2D eigenvalue weighted by Gasteiger charge is 2.47. The molecule has 3 N–H and O–H groups in total. The number of H-pyrrole nitrogens is 1. The van der Waals surface area contributed by atoms with E-state index in [0.29, 0.717) is 16.7 Å². The molecule has 2 unspecified atom stereocenters. The van der Waals surface area contributed by atoms with Crippen LogP contribution in [0.5, 0.6) is 0 Å². The fraction of sp³-hybridized carbons (Fsp3) is 0.421. The standard InChI is InChI=1S/C19H18F2N6O2/c20-10-5-11-15(26-27-16(11)22-6-10)18-23-7-12(21)17(25-18)24-14-9-3-1-8(2-4-9)13(14)19(28)29/h5-9,13-14H,1-4H2,(H,28,29)(H,22,26,27)(H,23,24,25). The van der Waals surface area contributed by atoms with Crippen molar-refractivity contribution in [2.24, 2.45) is 17.8 Å². The lowest BCUT2D eigenvalue weighted by Gasteiger charge is -2.47. The van der Waals surface area contributed by atoms with Crippen molar-refractivity contribution in [2.45, 2.75) is 31.7 Å². The number of rotatable bonds is 4. The maximum Gasteiger partial charge on any atom is 0.308 e. The highest BCUT2D eigenvalue weighted by molar-refractivity contribution is 5.88. The van der Waals surface area contributed by atoms with E-state index >= 15 is 0 Å². The minimum absolute atomic E-state index is 0.0640. The molecular weight excluding hydrogens is 382 g/mol. The lowest BCUT2D eigenvalue weighted by Crippen LogP contribution is -2.51. The number of halogens is 2. The first-order valence-electron chi connectivity index (χ1n) is 9.53. The van der Waals surface area contributed by atoms with Gasteiger partial charge >= 0.3 is 5.97 Å². The molecule has 3 saturated carbocycles. The van der Waals surface area contributed by atoms with Crippen LogP contribution in [0.2, 0.25) is 0 Å². The van der Waals surface area contributed by atoms with Gasteiger partial charge in [-0.1, -0.05) is 0 Å². The number of carboxylic acid groups (broad SMARTS) is 1. The first-order valence-corrected chi connectivity index (χ1v) is 9.53. The minimum Gasteiger partial charge on any atom is -0.481 e. The summed E-state index contributed by atoms with van der Waals surface area (Å²) in [6.45, 7) is 0. The monoisotopic (exact) mass is 400 g/mol. The molecule has 3 aliphatic carbocycles. The number of hydrogen-bond acceptors (Lipinski definition) is 6. The molecule has 150 valence electrons. The second kappa shape index (κ2) is 6.71. The van der Waals surface area contributed by atoms with Crippen LogP contribution in [-0.2, 0) is 4.79 Å². The molecule has 2 bridgehead atoms. The van der Waals surface area contributed by atoms with Gasteiger partial charge in [0.2, 0.25) is 0 Å². The largest absolute Gasteiger partial charge is 0.481 e. The molecule has 3 aliphatic rings. The van der Waals surface area contributed by atoms with Crippen LogP contribution < -0.4 is 5.32 Å². The van der Waals surface area contributed by atoms with Gasteiger partial charge in [0.15, 0.2) is 23.1 Å². The van der Waals surface area contributed by atoms with Crippen LogP contribution in [0.15, 0.2) is 18.5 Å². The summed E-state index contributed by atoms with van der Waals surface area (Å²) in [6, 6.07) is 0.858. The highest BCUT2D eigenvalue weighted by Crippen LogP contribution is 2.46. The fourth-order valence-electron chi connectivity index (χ4n) is 4.80. The molecule has 2 atom stereocenters. The zero-order valence-corrected chi connectivity index (χ0v) is 15.3. The molecule has 10 heteroatoms. The normalized spacial score (nSPS) is 26.0. The van der Waals surface area contributed by atoms with Crippen LogP contribution in [-0.4, -0.2) is 42.3 Å². The lowest BCUT2D eigenvalue weighted by atomic mass is 9.61. The van der Waals surface area contributed by atoms with Crippen LogP contribution in [0.4, 0.5) is 14.6 Å². The van der Waals surface area contributed by atoms with Gasteiger partial charge in [-0.3, -0.25) is 9.89 Å². The second-order valence-electron chi connectivity index (χ2n) is 7.72. The Labute approximate surface area is 163 Å². The molecule has 0 spiro atoms. The van der Waals surface area contributed by atoms with E-state index in [9.17, 15) is 18.7 Å². The first-order chi connectivity index (χ1) is 14.0. The molecule has 0 radical (unpaired) electrons. The van der Waals surface area contributed by atoms with E-state index in [2.05, 4.69) is 30.5 Å². The number of aliphatic carboxylic acids is 1.